The minimum atomic E-state index is -0.242. The maximum Gasteiger partial charge on any atom is 0.260 e. The number of aromatic nitrogens is 4. The summed E-state index contributed by atoms with van der Waals surface area (Å²) in [6.07, 6.45) is 3.35. The molecule has 5 aromatic rings. The number of aromatic amines is 1. The quantitative estimate of drug-likeness (QED) is 0.530. The Morgan fingerprint density at radius 1 is 0.926 bits per heavy atom. The Kier molecular flexibility index (Phi) is 3.47. The number of nitrogens with one attached hydrogen (secondary N) is 1. The SMILES string of the molecule is O=c1[nH]c(-n2cccn2)nc2ccc(Oc3cccc4ccccc34)cc12. The largest absolute Gasteiger partial charge is 0.457 e. The molecule has 27 heavy (non-hydrogen) atoms. The summed E-state index contributed by atoms with van der Waals surface area (Å²) in [6.45, 7) is 0. The number of rotatable bonds is 3. The molecule has 2 aromatic heterocycles. The van der Waals surface area contributed by atoms with Gasteiger partial charge in [0, 0.05) is 17.8 Å². The van der Waals surface area contributed by atoms with E-state index in [0.717, 1.165) is 16.5 Å². The third kappa shape index (κ3) is 2.73. The second-order valence-corrected chi connectivity index (χ2v) is 6.10. The summed E-state index contributed by atoms with van der Waals surface area (Å²) < 4.78 is 7.57. The number of hydrogen-bond donors (Lipinski definition) is 1. The molecule has 0 fully saturated rings. The lowest BCUT2D eigenvalue weighted by Gasteiger charge is -2.10. The minimum absolute atomic E-state index is 0.242. The van der Waals surface area contributed by atoms with Crippen LogP contribution in [-0.2, 0) is 0 Å². The molecule has 1 N–H and O–H groups in total. The monoisotopic (exact) mass is 354 g/mol. The maximum absolute atomic E-state index is 12.5. The Bertz CT molecular complexity index is 1320. The van der Waals surface area contributed by atoms with Crippen molar-refractivity contribution in [2.45, 2.75) is 0 Å². The number of H-pyrrole nitrogens is 1. The van der Waals surface area contributed by atoms with Crippen LogP contribution in [0.15, 0.2) is 83.9 Å². The van der Waals surface area contributed by atoms with Gasteiger partial charge in [0.25, 0.3) is 5.56 Å². The fourth-order valence-corrected chi connectivity index (χ4v) is 3.08. The van der Waals surface area contributed by atoms with Gasteiger partial charge in [-0.2, -0.15) is 5.10 Å². The van der Waals surface area contributed by atoms with Gasteiger partial charge in [-0.25, -0.2) is 9.67 Å². The van der Waals surface area contributed by atoms with Crippen molar-refractivity contribution in [1.29, 1.82) is 0 Å². The standard InChI is InChI=1S/C21H14N4O2/c26-20-17-13-15(27-19-8-3-6-14-5-1-2-7-16(14)19)9-10-18(17)23-21(24-20)25-12-4-11-22-25/h1-13H,(H,23,24,26). The van der Waals surface area contributed by atoms with E-state index in [-0.39, 0.29) is 5.56 Å². The van der Waals surface area contributed by atoms with E-state index in [1.165, 1.54) is 4.68 Å². The van der Waals surface area contributed by atoms with Crippen LogP contribution in [0.3, 0.4) is 0 Å². The van der Waals surface area contributed by atoms with Crippen LogP contribution in [-0.4, -0.2) is 19.7 Å². The minimum Gasteiger partial charge on any atom is -0.457 e. The van der Waals surface area contributed by atoms with Crippen molar-refractivity contribution >= 4 is 21.7 Å². The van der Waals surface area contributed by atoms with E-state index in [1.807, 2.05) is 48.5 Å². The average Bonchev–Trinajstić information content (AvgIpc) is 3.23. The zero-order valence-electron chi connectivity index (χ0n) is 14.2. The highest BCUT2D eigenvalue weighted by Gasteiger charge is 2.09. The zero-order valence-corrected chi connectivity index (χ0v) is 14.2. The van der Waals surface area contributed by atoms with Crippen molar-refractivity contribution in [1.82, 2.24) is 19.7 Å². The molecule has 0 spiro atoms. The van der Waals surface area contributed by atoms with E-state index in [2.05, 4.69) is 15.1 Å². The van der Waals surface area contributed by atoms with Crippen molar-refractivity contribution in [2.75, 3.05) is 0 Å². The summed E-state index contributed by atoms with van der Waals surface area (Å²) in [4.78, 5) is 19.7. The average molecular weight is 354 g/mol. The van der Waals surface area contributed by atoms with Crippen LogP contribution >= 0.6 is 0 Å². The molecule has 2 heterocycles. The molecule has 6 heteroatoms. The topological polar surface area (TPSA) is 72.8 Å². The van der Waals surface area contributed by atoms with Gasteiger partial charge in [-0.3, -0.25) is 9.78 Å². The zero-order chi connectivity index (χ0) is 18.2. The molecule has 0 radical (unpaired) electrons. The highest BCUT2D eigenvalue weighted by Crippen LogP contribution is 2.30. The van der Waals surface area contributed by atoms with Crippen molar-refractivity contribution in [3.05, 3.63) is 89.5 Å². The van der Waals surface area contributed by atoms with Crippen molar-refractivity contribution in [3.63, 3.8) is 0 Å². The molecule has 0 bridgehead atoms. The van der Waals surface area contributed by atoms with E-state index >= 15 is 0 Å². The first-order valence-corrected chi connectivity index (χ1v) is 8.48. The first-order valence-electron chi connectivity index (χ1n) is 8.48. The third-order valence-corrected chi connectivity index (χ3v) is 4.36. The molecule has 0 aliphatic heterocycles. The Labute approximate surface area is 153 Å². The van der Waals surface area contributed by atoms with Gasteiger partial charge in [-0.1, -0.05) is 36.4 Å². The summed E-state index contributed by atoms with van der Waals surface area (Å²) in [5.74, 6) is 1.70. The predicted molar refractivity (Wildman–Crippen MR) is 104 cm³/mol. The summed E-state index contributed by atoms with van der Waals surface area (Å²) in [7, 11) is 0. The molecule has 0 atom stereocenters. The van der Waals surface area contributed by atoms with Crippen molar-refractivity contribution in [2.24, 2.45) is 0 Å². The maximum atomic E-state index is 12.5. The molecule has 0 aliphatic carbocycles. The second-order valence-electron chi connectivity index (χ2n) is 6.10. The van der Waals surface area contributed by atoms with E-state index < -0.39 is 0 Å². The molecular formula is C21H14N4O2. The molecule has 6 nitrogen and oxygen atoms in total. The highest BCUT2D eigenvalue weighted by molar-refractivity contribution is 5.88. The van der Waals surface area contributed by atoms with Crippen molar-refractivity contribution in [3.8, 4) is 17.4 Å². The summed E-state index contributed by atoms with van der Waals surface area (Å²) in [5, 5.41) is 6.67. The lowest BCUT2D eigenvalue weighted by atomic mass is 10.1. The Hall–Kier alpha value is -3.93. The number of ether oxygens (including phenoxy) is 1. The highest BCUT2D eigenvalue weighted by atomic mass is 16.5. The van der Waals surface area contributed by atoms with Crippen LogP contribution < -0.4 is 10.3 Å². The van der Waals surface area contributed by atoms with E-state index in [9.17, 15) is 4.79 Å². The second kappa shape index (κ2) is 6.10. The first-order chi connectivity index (χ1) is 13.3. The molecule has 0 saturated heterocycles. The lowest BCUT2D eigenvalue weighted by molar-refractivity contribution is 0.489. The van der Waals surface area contributed by atoms with E-state index in [0.29, 0.717) is 22.6 Å². The third-order valence-electron chi connectivity index (χ3n) is 4.36. The molecular weight excluding hydrogens is 340 g/mol. The normalized spacial score (nSPS) is 11.1. The molecule has 0 saturated carbocycles. The van der Waals surface area contributed by atoms with Crippen LogP contribution in [0.1, 0.15) is 0 Å². The molecule has 5 rings (SSSR count). The van der Waals surface area contributed by atoms with Gasteiger partial charge in [-0.05, 0) is 35.7 Å². The number of hydrogen-bond acceptors (Lipinski definition) is 4. The van der Waals surface area contributed by atoms with Crippen LogP contribution in [0.4, 0.5) is 0 Å². The summed E-state index contributed by atoms with van der Waals surface area (Å²) >= 11 is 0. The van der Waals surface area contributed by atoms with Crippen LogP contribution in [0.5, 0.6) is 11.5 Å². The van der Waals surface area contributed by atoms with Crippen LogP contribution in [0.2, 0.25) is 0 Å². The van der Waals surface area contributed by atoms with Gasteiger partial charge in [-0.15, -0.1) is 0 Å². The number of nitrogens with zero attached hydrogens (tertiary/aromatic N) is 3. The molecule has 3 aromatic carbocycles. The number of fused-ring (bicyclic) bond motifs is 2. The molecule has 0 amide bonds. The van der Waals surface area contributed by atoms with Gasteiger partial charge in [0.2, 0.25) is 5.95 Å². The van der Waals surface area contributed by atoms with Gasteiger partial charge < -0.3 is 4.74 Å². The van der Waals surface area contributed by atoms with Crippen LogP contribution in [0.25, 0.3) is 27.6 Å². The fraction of sp³-hybridized carbons (Fsp3) is 0. The van der Waals surface area contributed by atoms with Gasteiger partial charge in [0.05, 0.1) is 10.9 Å². The Morgan fingerprint density at radius 3 is 2.70 bits per heavy atom. The van der Waals surface area contributed by atoms with Crippen LogP contribution in [0, 0.1) is 0 Å². The van der Waals surface area contributed by atoms with E-state index in [4.69, 9.17) is 4.74 Å². The van der Waals surface area contributed by atoms with Gasteiger partial charge >= 0.3 is 0 Å². The van der Waals surface area contributed by atoms with Crippen molar-refractivity contribution < 1.29 is 4.74 Å². The predicted octanol–water partition coefficient (Wildman–Crippen LogP) is 4.05. The Morgan fingerprint density at radius 2 is 1.81 bits per heavy atom. The molecule has 0 aliphatic rings. The molecule has 130 valence electrons. The first kappa shape index (κ1) is 15.3. The summed E-state index contributed by atoms with van der Waals surface area (Å²) in [6, 6.07) is 21.0. The molecule has 0 unspecified atom stereocenters. The van der Waals surface area contributed by atoms with Gasteiger partial charge in [0.15, 0.2) is 0 Å². The Balaban J connectivity index is 1.58. The smallest absolute Gasteiger partial charge is 0.260 e. The fourth-order valence-electron chi connectivity index (χ4n) is 3.08. The van der Waals surface area contributed by atoms with Gasteiger partial charge in [0.1, 0.15) is 11.5 Å². The summed E-state index contributed by atoms with van der Waals surface area (Å²) in [5.41, 5.74) is 0.336. The lowest BCUT2D eigenvalue weighted by Crippen LogP contribution is -2.13. The number of benzene rings is 3. The van der Waals surface area contributed by atoms with E-state index in [1.54, 1.807) is 30.6 Å².